The molecule has 2 aromatic carbocycles. The highest BCUT2D eigenvalue weighted by molar-refractivity contribution is 6.31. The number of nitrogens with zero attached hydrogens (tertiary/aromatic N) is 2. The molecular weight excluding hydrogens is 414 g/mol. The number of benzene rings is 2. The minimum Gasteiger partial charge on any atom is -0.455 e. The maximum absolute atomic E-state index is 12.3. The SMILES string of the molecule is Cc1ccc(NC(=O)COC(=O)[C@H]2CC(=O)N(c3cccc([N+](=O)[O-])c3)C2)cc1Cl. The van der Waals surface area contributed by atoms with Crippen molar-refractivity contribution in [2.45, 2.75) is 13.3 Å². The van der Waals surface area contributed by atoms with Crippen molar-refractivity contribution in [2.24, 2.45) is 5.92 Å². The topological polar surface area (TPSA) is 119 Å². The number of esters is 1. The van der Waals surface area contributed by atoms with Gasteiger partial charge in [0.15, 0.2) is 6.61 Å². The summed E-state index contributed by atoms with van der Waals surface area (Å²) in [5.41, 5.74) is 1.51. The van der Waals surface area contributed by atoms with Gasteiger partial charge in [0.05, 0.1) is 16.5 Å². The Bertz CT molecular complexity index is 1030. The molecule has 3 rings (SSSR count). The highest BCUT2D eigenvalue weighted by Crippen LogP contribution is 2.28. The van der Waals surface area contributed by atoms with Gasteiger partial charge in [-0.3, -0.25) is 24.5 Å². The predicted octanol–water partition coefficient (Wildman–Crippen LogP) is 3.09. The van der Waals surface area contributed by atoms with E-state index in [-0.39, 0.29) is 24.6 Å². The third kappa shape index (κ3) is 4.93. The third-order valence-corrected chi connectivity index (χ3v) is 5.02. The average Bonchev–Trinajstić information content (AvgIpc) is 3.11. The lowest BCUT2D eigenvalue weighted by Gasteiger charge is -2.16. The monoisotopic (exact) mass is 431 g/mol. The van der Waals surface area contributed by atoms with E-state index in [1.54, 1.807) is 24.3 Å². The fourth-order valence-corrected chi connectivity index (χ4v) is 3.19. The molecule has 0 aromatic heterocycles. The van der Waals surface area contributed by atoms with E-state index in [0.29, 0.717) is 16.4 Å². The number of amides is 2. The molecule has 1 fully saturated rings. The van der Waals surface area contributed by atoms with Crippen molar-refractivity contribution in [3.8, 4) is 0 Å². The van der Waals surface area contributed by atoms with E-state index in [1.807, 2.05) is 6.92 Å². The van der Waals surface area contributed by atoms with E-state index in [0.717, 1.165) is 5.56 Å². The molecule has 1 atom stereocenters. The van der Waals surface area contributed by atoms with Gasteiger partial charge in [-0.05, 0) is 30.7 Å². The molecule has 10 heteroatoms. The lowest BCUT2D eigenvalue weighted by Crippen LogP contribution is -2.28. The maximum atomic E-state index is 12.3. The van der Waals surface area contributed by atoms with E-state index < -0.39 is 29.3 Å². The molecule has 30 heavy (non-hydrogen) atoms. The number of ether oxygens (including phenoxy) is 1. The molecule has 0 unspecified atom stereocenters. The van der Waals surface area contributed by atoms with Crippen LogP contribution in [0.2, 0.25) is 5.02 Å². The minimum absolute atomic E-state index is 0.0218. The number of carbonyl (C=O) groups is 3. The summed E-state index contributed by atoms with van der Waals surface area (Å²) in [5.74, 6) is -2.34. The number of carbonyl (C=O) groups excluding carboxylic acids is 3. The van der Waals surface area contributed by atoms with E-state index in [2.05, 4.69) is 5.32 Å². The zero-order chi connectivity index (χ0) is 21.8. The van der Waals surface area contributed by atoms with Gasteiger partial charge in [0.25, 0.3) is 11.6 Å². The second-order valence-electron chi connectivity index (χ2n) is 6.80. The van der Waals surface area contributed by atoms with Gasteiger partial charge in [-0.15, -0.1) is 0 Å². The zero-order valence-electron chi connectivity index (χ0n) is 16.0. The number of hydrogen-bond donors (Lipinski definition) is 1. The number of hydrogen-bond acceptors (Lipinski definition) is 6. The number of halogens is 1. The van der Waals surface area contributed by atoms with Crippen molar-refractivity contribution < 1.29 is 24.0 Å². The Hall–Kier alpha value is -3.46. The molecule has 156 valence electrons. The predicted molar refractivity (Wildman–Crippen MR) is 109 cm³/mol. The van der Waals surface area contributed by atoms with Crippen molar-refractivity contribution in [3.05, 3.63) is 63.2 Å². The molecule has 0 saturated carbocycles. The molecule has 0 spiro atoms. The summed E-state index contributed by atoms with van der Waals surface area (Å²) < 4.78 is 5.04. The first-order valence-corrected chi connectivity index (χ1v) is 9.40. The largest absolute Gasteiger partial charge is 0.455 e. The van der Waals surface area contributed by atoms with Crippen molar-refractivity contribution in [3.63, 3.8) is 0 Å². The smallest absolute Gasteiger partial charge is 0.311 e. The van der Waals surface area contributed by atoms with Crippen LogP contribution in [-0.4, -0.2) is 35.9 Å². The lowest BCUT2D eigenvalue weighted by atomic mass is 10.1. The van der Waals surface area contributed by atoms with Crippen molar-refractivity contribution in [2.75, 3.05) is 23.4 Å². The molecule has 0 bridgehead atoms. The normalized spacial score (nSPS) is 15.7. The zero-order valence-corrected chi connectivity index (χ0v) is 16.7. The Morgan fingerprint density at radius 2 is 2.07 bits per heavy atom. The number of nitro benzene ring substituents is 1. The van der Waals surface area contributed by atoms with Crippen molar-refractivity contribution >= 4 is 46.4 Å². The molecule has 2 amide bonds. The summed E-state index contributed by atoms with van der Waals surface area (Å²) in [6.45, 7) is 1.34. The highest BCUT2D eigenvalue weighted by Gasteiger charge is 2.36. The van der Waals surface area contributed by atoms with E-state index in [4.69, 9.17) is 16.3 Å². The van der Waals surface area contributed by atoms with Crippen LogP contribution < -0.4 is 10.2 Å². The molecule has 1 heterocycles. The molecule has 0 aliphatic carbocycles. The quantitative estimate of drug-likeness (QED) is 0.426. The third-order valence-electron chi connectivity index (χ3n) is 4.61. The number of nitrogens with one attached hydrogen (secondary N) is 1. The molecule has 1 aliphatic heterocycles. The van der Waals surface area contributed by atoms with Crippen LogP contribution in [0.15, 0.2) is 42.5 Å². The van der Waals surface area contributed by atoms with Crippen LogP contribution in [0, 0.1) is 23.0 Å². The standard InChI is InChI=1S/C20H18ClN3O6/c1-12-5-6-14(8-17(12)21)22-18(25)11-30-20(27)13-7-19(26)23(10-13)15-3-2-4-16(9-15)24(28)29/h2-6,8-9,13H,7,10-11H2,1H3,(H,22,25)/t13-/m0/s1. The average molecular weight is 432 g/mol. The summed E-state index contributed by atoms with van der Waals surface area (Å²) in [6, 6.07) is 10.6. The lowest BCUT2D eigenvalue weighted by molar-refractivity contribution is -0.384. The van der Waals surface area contributed by atoms with Crippen LogP contribution in [0.3, 0.4) is 0 Å². The first kappa shape index (κ1) is 21.3. The van der Waals surface area contributed by atoms with Gasteiger partial charge in [-0.25, -0.2) is 0 Å². The summed E-state index contributed by atoms with van der Waals surface area (Å²) in [5, 5.41) is 14.0. The van der Waals surface area contributed by atoms with E-state index in [9.17, 15) is 24.5 Å². The fourth-order valence-electron chi connectivity index (χ4n) is 3.01. The Morgan fingerprint density at radius 3 is 2.77 bits per heavy atom. The summed E-state index contributed by atoms with van der Waals surface area (Å²) in [7, 11) is 0. The van der Waals surface area contributed by atoms with Gasteiger partial charge in [-0.1, -0.05) is 23.7 Å². The number of aryl methyl sites for hydroxylation is 1. The van der Waals surface area contributed by atoms with Gasteiger partial charge in [0.1, 0.15) is 0 Å². The second kappa shape index (κ2) is 8.91. The fraction of sp³-hybridized carbons (Fsp3) is 0.250. The van der Waals surface area contributed by atoms with Gasteiger partial charge < -0.3 is 15.0 Å². The first-order valence-electron chi connectivity index (χ1n) is 9.02. The van der Waals surface area contributed by atoms with Gasteiger partial charge in [0, 0.05) is 35.8 Å². The maximum Gasteiger partial charge on any atom is 0.311 e. The first-order chi connectivity index (χ1) is 14.2. The Morgan fingerprint density at radius 1 is 1.30 bits per heavy atom. The highest BCUT2D eigenvalue weighted by atomic mass is 35.5. The number of rotatable bonds is 6. The molecule has 2 aromatic rings. The van der Waals surface area contributed by atoms with Crippen LogP contribution in [-0.2, 0) is 19.1 Å². The molecule has 9 nitrogen and oxygen atoms in total. The number of non-ortho nitro benzene ring substituents is 1. The second-order valence-corrected chi connectivity index (χ2v) is 7.21. The summed E-state index contributed by atoms with van der Waals surface area (Å²) >= 11 is 6.01. The molecule has 1 aliphatic rings. The number of nitro groups is 1. The van der Waals surface area contributed by atoms with Crippen LogP contribution in [0.5, 0.6) is 0 Å². The van der Waals surface area contributed by atoms with Crippen LogP contribution in [0.4, 0.5) is 17.1 Å². The van der Waals surface area contributed by atoms with Gasteiger partial charge in [-0.2, -0.15) is 0 Å². The van der Waals surface area contributed by atoms with Gasteiger partial charge in [0.2, 0.25) is 5.91 Å². The molecule has 1 N–H and O–H groups in total. The van der Waals surface area contributed by atoms with Crippen molar-refractivity contribution in [1.82, 2.24) is 0 Å². The van der Waals surface area contributed by atoms with Crippen molar-refractivity contribution in [1.29, 1.82) is 0 Å². The Kier molecular flexibility index (Phi) is 6.31. The van der Waals surface area contributed by atoms with E-state index >= 15 is 0 Å². The Balaban J connectivity index is 1.55. The molecular formula is C20H18ClN3O6. The number of anilines is 2. The van der Waals surface area contributed by atoms with Crippen LogP contribution >= 0.6 is 11.6 Å². The van der Waals surface area contributed by atoms with E-state index in [1.165, 1.54) is 23.1 Å². The summed E-state index contributed by atoms with van der Waals surface area (Å²) in [6.07, 6.45) is -0.100. The molecule has 0 radical (unpaired) electrons. The Labute approximate surface area is 176 Å². The van der Waals surface area contributed by atoms with Crippen LogP contribution in [0.1, 0.15) is 12.0 Å². The minimum atomic E-state index is -0.765. The molecule has 1 saturated heterocycles. The summed E-state index contributed by atoms with van der Waals surface area (Å²) in [4.78, 5) is 48.2. The van der Waals surface area contributed by atoms with Gasteiger partial charge >= 0.3 is 5.97 Å². The van der Waals surface area contributed by atoms with Crippen LogP contribution in [0.25, 0.3) is 0 Å².